The largest absolute Gasteiger partial charge is 0.486 e. The Bertz CT molecular complexity index is 988. The highest BCUT2D eigenvalue weighted by Gasteiger charge is 2.16. The number of benzene rings is 2. The molecule has 0 saturated carbocycles. The maximum absolute atomic E-state index is 14.6. The zero-order chi connectivity index (χ0) is 21.1. The smallest absolute Gasteiger partial charge is 0.303 e. The molecule has 2 rings (SSSR count). The SMILES string of the molecule is Cc1cc(COc2c(Cl)cc(CCC(=O)O)cc2Cl)c(F)c(NS(C)(=O)=O)c1. The maximum atomic E-state index is 14.6. The van der Waals surface area contributed by atoms with Gasteiger partial charge in [0, 0.05) is 12.0 Å². The maximum Gasteiger partial charge on any atom is 0.303 e. The van der Waals surface area contributed by atoms with Crippen LogP contribution >= 0.6 is 23.2 Å². The lowest BCUT2D eigenvalue weighted by Crippen LogP contribution is -2.12. The fourth-order valence-corrected chi connectivity index (χ4v) is 3.71. The molecule has 0 aliphatic heterocycles. The molecule has 152 valence electrons. The van der Waals surface area contributed by atoms with Crippen LogP contribution in [0.1, 0.15) is 23.1 Å². The fraction of sp³-hybridized carbons (Fsp3) is 0.278. The van der Waals surface area contributed by atoms with Gasteiger partial charge in [0.2, 0.25) is 10.0 Å². The minimum absolute atomic E-state index is 0.0719. The number of carbonyl (C=O) groups is 1. The van der Waals surface area contributed by atoms with Crippen molar-refractivity contribution in [1.29, 1.82) is 0 Å². The zero-order valence-electron chi connectivity index (χ0n) is 15.1. The van der Waals surface area contributed by atoms with Crippen molar-refractivity contribution in [3.63, 3.8) is 0 Å². The number of aryl methyl sites for hydroxylation is 2. The topological polar surface area (TPSA) is 92.7 Å². The van der Waals surface area contributed by atoms with Gasteiger partial charge in [-0.25, -0.2) is 12.8 Å². The van der Waals surface area contributed by atoms with Crippen molar-refractivity contribution in [3.05, 3.63) is 56.8 Å². The Kier molecular flexibility index (Phi) is 7.14. The highest BCUT2D eigenvalue weighted by atomic mass is 35.5. The van der Waals surface area contributed by atoms with E-state index >= 15 is 0 Å². The Balaban J connectivity index is 2.23. The van der Waals surface area contributed by atoms with Gasteiger partial charge in [0.15, 0.2) is 11.6 Å². The summed E-state index contributed by atoms with van der Waals surface area (Å²) in [6.45, 7) is 1.45. The molecule has 0 atom stereocenters. The Labute approximate surface area is 172 Å². The van der Waals surface area contributed by atoms with E-state index in [-0.39, 0.29) is 46.5 Å². The molecule has 2 N–H and O–H groups in total. The first-order valence-electron chi connectivity index (χ1n) is 8.05. The minimum Gasteiger partial charge on any atom is -0.486 e. The van der Waals surface area contributed by atoms with Crippen molar-refractivity contribution in [1.82, 2.24) is 0 Å². The van der Waals surface area contributed by atoms with Crippen LogP contribution in [-0.4, -0.2) is 25.7 Å². The van der Waals surface area contributed by atoms with E-state index < -0.39 is 21.8 Å². The number of hydrogen-bond acceptors (Lipinski definition) is 4. The molecule has 0 fully saturated rings. The molecule has 0 unspecified atom stereocenters. The van der Waals surface area contributed by atoms with Crippen LogP contribution in [0.3, 0.4) is 0 Å². The molecule has 0 bridgehead atoms. The normalized spacial score (nSPS) is 11.3. The predicted molar refractivity (Wildman–Crippen MR) is 106 cm³/mol. The molecule has 0 heterocycles. The van der Waals surface area contributed by atoms with Crippen molar-refractivity contribution in [2.75, 3.05) is 11.0 Å². The van der Waals surface area contributed by atoms with Crippen LogP contribution in [0.4, 0.5) is 10.1 Å². The number of halogens is 3. The average Bonchev–Trinajstić information content (AvgIpc) is 2.54. The van der Waals surface area contributed by atoms with E-state index in [2.05, 4.69) is 4.72 Å². The van der Waals surface area contributed by atoms with Crippen molar-refractivity contribution in [2.45, 2.75) is 26.4 Å². The molecule has 0 aliphatic carbocycles. The molecule has 6 nitrogen and oxygen atoms in total. The van der Waals surface area contributed by atoms with Gasteiger partial charge in [0.05, 0.1) is 22.0 Å². The van der Waals surface area contributed by atoms with Gasteiger partial charge in [-0.2, -0.15) is 0 Å². The zero-order valence-corrected chi connectivity index (χ0v) is 17.4. The number of hydrogen-bond donors (Lipinski definition) is 2. The Morgan fingerprint density at radius 3 is 2.36 bits per heavy atom. The number of sulfonamides is 1. The number of nitrogens with one attached hydrogen (secondary N) is 1. The van der Waals surface area contributed by atoms with Gasteiger partial charge in [-0.1, -0.05) is 23.2 Å². The summed E-state index contributed by atoms with van der Waals surface area (Å²) in [5.74, 6) is -1.58. The number of anilines is 1. The Hall–Kier alpha value is -2.03. The third kappa shape index (κ3) is 6.25. The van der Waals surface area contributed by atoms with E-state index in [1.54, 1.807) is 6.92 Å². The molecule has 28 heavy (non-hydrogen) atoms. The second kappa shape index (κ2) is 8.98. The summed E-state index contributed by atoms with van der Waals surface area (Å²) in [4.78, 5) is 10.7. The molecule has 0 aliphatic rings. The van der Waals surface area contributed by atoms with E-state index in [1.807, 2.05) is 0 Å². The van der Waals surface area contributed by atoms with E-state index in [1.165, 1.54) is 24.3 Å². The van der Waals surface area contributed by atoms with Crippen molar-refractivity contribution in [3.8, 4) is 5.75 Å². The molecule has 0 radical (unpaired) electrons. The second-order valence-corrected chi connectivity index (χ2v) is 8.79. The van der Waals surface area contributed by atoms with Crippen LogP contribution in [0, 0.1) is 12.7 Å². The number of carboxylic acid groups (broad SMARTS) is 1. The summed E-state index contributed by atoms with van der Waals surface area (Å²) in [6, 6.07) is 5.97. The molecular weight excluding hydrogens is 432 g/mol. The van der Waals surface area contributed by atoms with E-state index in [0.29, 0.717) is 11.1 Å². The lowest BCUT2D eigenvalue weighted by molar-refractivity contribution is -0.136. The van der Waals surface area contributed by atoms with Crippen LogP contribution in [-0.2, 0) is 27.8 Å². The lowest BCUT2D eigenvalue weighted by atomic mass is 10.1. The van der Waals surface area contributed by atoms with E-state index in [0.717, 1.165) is 6.26 Å². The third-order valence-electron chi connectivity index (χ3n) is 3.65. The number of rotatable bonds is 8. The predicted octanol–water partition coefficient (Wildman–Crippen LogP) is 4.41. The van der Waals surface area contributed by atoms with Crippen molar-refractivity contribution >= 4 is 44.9 Å². The van der Waals surface area contributed by atoms with Gasteiger partial charge in [-0.15, -0.1) is 0 Å². The summed E-state index contributed by atoms with van der Waals surface area (Å²) in [6.07, 6.45) is 1.11. The second-order valence-electron chi connectivity index (χ2n) is 6.23. The molecule has 0 amide bonds. The molecule has 2 aromatic rings. The van der Waals surface area contributed by atoms with Gasteiger partial charge in [-0.3, -0.25) is 9.52 Å². The quantitative estimate of drug-likeness (QED) is 0.622. The molecule has 2 aromatic carbocycles. The first kappa shape index (κ1) is 22.3. The molecule has 0 aromatic heterocycles. The van der Waals surface area contributed by atoms with Crippen LogP contribution in [0.25, 0.3) is 0 Å². The van der Waals surface area contributed by atoms with Crippen molar-refractivity contribution < 1.29 is 27.4 Å². The highest BCUT2D eigenvalue weighted by Crippen LogP contribution is 2.35. The fourth-order valence-electron chi connectivity index (χ4n) is 2.52. The Morgan fingerprint density at radius 2 is 1.82 bits per heavy atom. The summed E-state index contributed by atoms with van der Waals surface area (Å²) in [5, 5.41) is 9.08. The number of carboxylic acids is 1. The lowest BCUT2D eigenvalue weighted by Gasteiger charge is -2.14. The van der Waals surface area contributed by atoms with E-state index in [9.17, 15) is 17.6 Å². The molecule has 0 saturated heterocycles. The minimum atomic E-state index is -3.64. The van der Waals surface area contributed by atoms with Gasteiger partial charge < -0.3 is 9.84 Å². The monoisotopic (exact) mass is 449 g/mol. The molecule has 10 heteroatoms. The van der Waals surface area contributed by atoms with Crippen LogP contribution in [0.2, 0.25) is 10.0 Å². The van der Waals surface area contributed by atoms with Crippen LogP contribution in [0.5, 0.6) is 5.75 Å². The van der Waals surface area contributed by atoms with Crippen LogP contribution in [0.15, 0.2) is 24.3 Å². The van der Waals surface area contributed by atoms with Gasteiger partial charge in [0.1, 0.15) is 6.61 Å². The summed E-state index contributed by atoms with van der Waals surface area (Å²) < 4.78 is 45.1. The highest BCUT2D eigenvalue weighted by molar-refractivity contribution is 7.92. The average molecular weight is 450 g/mol. The first-order chi connectivity index (χ1) is 13.0. The summed E-state index contributed by atoms with van der Waals surface area (Å²) in [5.41, 5.74) is 1.20. The Morgan fingerprint density at radius 1 is 1.21 bits per heavy atom. The van der Waals surface area contributed by atoms with Gasteiger partial charge in [0.25, 0.3) is 0 Å². The van der Waals surface area contributed by atoms with E-state index in [4.69, 9.17) is 33.0 Å². The van der Waals surface area contributed by atoms with Gasteiger partial charge >= 0.3 is 5.97 Å². The standard InChI is InChI=1S/C18H18Cl2FNO5S/c1-10-5-12(17(21)15(6-10)22-28(2,25)26)9-27-18-13(19)7-11(8-14(18)20)3-4-16(23)24/h5-8,22H,3-4,9H2,1-2H3,(H,23,24). The van der Waals surface area contributed by atoms with Crippen LogP contribution < -0.4 is 9.46 Å². The third-order valence-corrected chi connectivity index (χ3v) is 4.80. The first-order valence-corrected chi connectivity index (χ1v) is 10.7. The van der Waals surface area contributed by atoms with Crippen molar-refractivity contribution in [2.24, 2.45) is 0 Å². The number of ether oxygens (including phenoxy) is 1. The summed E-state index contributed by atoms with van der Waals surface area (Å²) >= 11 is 12.3. The number of aliphatic carboxylic acids is 1. The van der Waals surface area contributed by atoms with Gasteiger partial charge in [-0.05, 0) is 48.7 Å². The molecular formula is C18H18Cl2FNO5S. The molecule has 0 spiro atoms. The summed E-state index contributed by atoms with van der Waals surface area (Å²) in [7, 11) is -3.64.